The molecule has 1 N–H and O–H groups in total. The maximum Gasteiger partial charge on any atom is 0.236 e. The van der Waals surface area contributed by atoms with Crippen LogP contribution < -0.4 is 5.32 Å². The molecule has 1 saturated carbocycles. The van der Waals surface area contributed by atoms with E-state index in [4.69, 9.17) is 0 Å². The molecule has 0 aromatic carbocycles. The molecule has 1 aliphatic carbocycles. The van der Waals surface area contributed by atoms with Crippen molar-refractivity contribution < 1.29 is 4.79 Å². The quantitative estimate of drug-likeness (QED) is 0.615. The second-order valence-corrected chi connectivity index (χ2v) is 4.44. The molecule has 0 atom stereocenters. The number of nitrogens with zero attached hydrogens (tertiary/aromatic N) is 2. The van der Waals surface area contributed by atoms with Crippen molar-refractivity contribution in [1.82, 2.24) is 15.1 Å². The summed E-state index contributed by atoms with van der Waals surface area (Å²) in [6.07, 6.45) is 2.71. The molecule has 0 bridgehead atoms. The third-order valence-corrected chi connectivity index (χ3v) is 3.22. The first-order chi connectivity index (χ1) is 7.69. The second-order valence-electron chi connectivity index (χ2n) is 4.44. The molecule has 0 aromatic rings. The minimum Gasteiger partial charge on any atom is -0.345 e. The number of hydrogen-bond donors (Lipinski definition) is 1. The molecule has 4 heteroatoms. The van der Waals surface area contributed by atoms with E-state index in [-0.39, 0.29) is 5.91 Å². The Morgan fingerprint density at radius 2 is 2.00 bits per heavy atom. The van der Waals surface area contributed by atoms with Crippen LogP contribution in [0.5, 0.6) is 0 Å². The topological polar surface area (TPSA) is 35.6 Å². The molecule has 0 radical (unpaired) electrons. The number of carbonyl (C=O) groups is 1. The van der Waals surface area contributed by atoms with E-state index in [1.54, 1.807) is 4.90 Å². The Kier molecular flexibility index (Phi) is 5.77. The van der Waals surface area contributed by atoms with Crippen LogP contribution in [0.3, 0.4) is 0 Å². The normalized spacial score (nSPS) is 15.5. The Morgan fingerprint density at radius 3 is 2.50 bits per heavy atom. The summed E-state index contributed by atoms with van der Waals surface area (Å²) in [4.78, 5) is 15.7. The van der Waals surface area contributed by atoms with Crippen LogP contribution in [0.15, 0.2) is 0 Å². The second kappa shape index (κ2) is 6.86. The lowest BCUT2D eigenvalue weighted by molar-refractivity contribution is -0.128. The van der Waals surface area contributed by atoms with Crippen molar-refractivity contribution in [3.8, 4) is 0 Å². The van der Waals surface area contributed by atoms with E-state index in [0.717, 1.165) is 32.2 Å². The van der Waals surface area contributed by atoms with Gasteiger partial charge in [0.05, 0.1) is 6.54 Å². The molecule has 1 amide bonds. The van der Waals surface area contributed by atoms with Gasteiger partial charge in [-0.2, -0.15) is 0 Å². The Labute approximate surface area is 99.0 Å². The first-order valence-corrected chi connectivity index (χ1v) is 6.37. The van der Waals surface area contributed by atoms with E-state index in [9.17, 15) is 4.79 Å². The summed E-state index contributed by atoms with van der Waals surface area (Å²) < 4.78 is 0. The summed E-state index contributed by atoms with van der Waals surface area (Å²) >= 11 is 0. The summed E-state index contributed by atoms with van der Waals surface area (Å²) in [6.45, 7) is 8.53. The van der Waals surface area contributed by atoms with Gasteiger partial charge in [-0.3, -0.25) is 9.69 Å². The van der Waals surface area contributed by atoms with E-state index in [0.29, 0.717) is 6.54 Å². The van der Waals surface area contributed by atoms with Gasteiger partial charge in [0.15, 0.2) is 0 Å². The van der Waals surface area contributed by atoms with E-state index in [2.05, 4.69) is 17.1 Å². The lowest BCUT2D eigenvalue weighted by Crippen LogP contribution is -2.39. The van der Waals surface area contributed by atoms with Gasteiger partial charge in [0.25, 0.3) is 0 Å². The van der Waals surface area contributed by atoms with Crippen molar-refractivity contribution in [2.24, 2.45) is 0 Å². The largest absolute Gasteiger partial charge is 0.345 e. The van der Waals surface area contributed by atoms with Gasteiger partial charge in [0.2, 0.25) is 5.91 Å². The number of amides is 1. The van der Waals surface area contributed by atoms with Crippen LogP contribution in [0, 0.1) is 0 Å². The Morgan fingerprint density at radius 1 is 1.31 bits per heavy atom. The zero-order valence-electron chi connectivity index (χ0n) is 10.8. The first-order valence-electron chi connectivity index (χ1n) is 6.37. The molecule has 16 heavy (non-hydrogen) atoms. The number of nitrogens with one attached hydrogen (secondary N) is 1. The number of rotatable bonds is 8. The molecular formula is C12H25N3O. The van der Waals surface area contributed by atoms with Crippen molar-refractivity contribution in [3.05, 3.63) is 0 Å². The smallest absolute Gasteiger partial charge is 0.236 e. The zero-order valence-corrected chi connectivity index (χ0v) is 10.8. The Bertz CT molecular complexity index is 216. The molecule has 0 aromatic heterocycles. The fraction of sp³-hybridized carbons (Fsp3) is 0.917. The van der Waals surface area contributed by atoms with Crippen molar-refractivity contribution in [2.75, 3.05) is 39.8 Å². The highest BCUT2D eigenvalue weighted by Crippen LogP contribution is 2.25. The Hall–Kier alpha value is -0.610. The zero-order chi connectivity index (χ0) is 12.0. The minimum atomic E-state index is 0.178. The van der Waals surface area contributed by atoms with Crippen molar-refractivity contribution in [1.29, 1.82) is 0 Å². The Balaban J connectivity index is 2.04. The van der Waals surface area contributed by atoms with Crippen LogP contribution in [0.25, 0.3) is 0 Å². The van der Waals surface area contributed by atoms with Gasteiger partial charge in [-0.1, -0.05) is 6.92 Å². The molecule has 0 aliphatic heterocycles. The van der Waals surface area contributed by atoms with Crippen molar-refractivity contribution in [2.45, 2.75) is 32.7 Å². The summed E-state index contributed by atoms with van der Waals surface area (Å²) in [5.74, 6) is 0.178. The van der Waals surface area contributed by atoms with Crippen LogP contribution in [0.4, 0.5) is 0 Å². The maximum atomic E-state index is 11.5. The van der Waals surface area contributed by atoms with Crippen LogP contribution in [-0.2, 0) is 4.79 Å². The van der Waals surface area contributed by atoms with Crippen LogP contribution in [0.1, 0.15) is 26.7 Å². The number of carbonyl (C=O) groups excluding carboxylic acids is 1. The number of likely N-dealkylation sites (N-methyl/N-ethyl adjacent to an activating group) is 2. The minimum absolute atomic E-state index is 0.178. The maximum absolute atomic E-state index is 11.5. The van der Waals surface area contributed by atoms with Crippen LogP contribution >= 0.6 is 0 Å². The molecule has 1 fully saturated rings. The molecule has 0 saturated heterocycles. The van der Waals surface area contributed by atoms with Gasteiger partial charge in [0.1, 0.15) is 0 Å². The molecule has 0 heterocycles. The lowest BCUT2D eigenvalue weighted by Gasteiger charge is -2.20. The van der Waals surface area contributed by atoms with Gasteiger partial charge >= 0.3 is 0 Å². The van der Waals surface area contributed by atoms with Gasteiger partial charge in [-0.25, -0.2) is 0 Å². The van der Waals surface area contributed by atoms with E-state index in [1.807, 2.05) is 14.0 Å². The van der Waals surface area contributed by atoms with Gasteiger partial charge in [-0.15, -0.1) is 0 Å². The highest BCUT2D eigenvalue weighted by Gasteiger charge is 2.26. The molecule has 1 rings (SSSR count). The molecule has 4 nitrogen and oxygen atoms in total. The highest BCUT2D eigenvalue weighted by molar-refractivity contribution is 5.77. The summed E-state index contributed by atoms with van der Waals surface area (Å²) in [6, 6.07) is 0.820. The predicted octanol–water partition coefficient (Wildman–Crippen LogP) is 0.539. The predicted molar refractivity (Wildman–Crippen MR) is 66.4 cm³/mol. The number of hydrogen-bond acceptors (Lipinski definition) is 3. The van der Waals surface area contributed by atoms with Crippen molar-refractivity contribution >= 4 is 5.91 Å². The average Bonchev–Trinajstić information content (AvgIpc) is 3.11. The summed E-state index contributed by atoms with van der Waals surface area (Å²) in [7, 11) is 1.84. The van der Waals surface area contributed by atoms with Crippen molar-refractivity contribution in [3.63, 3.8) is 0 Å². The highest BCUT2D eigenvalue weighted by atomic mass is 16.2. The molecule has 0 spiro atoms. The molecule has 0 unspecified atom stereocenters. The average molecular weight is 227 g/mol. The third-order valence-electron chi connectivity index (χ3n) is 3.22. The van der Waals surface area contributed by atoms with Crippen LogP contribution in [-0.4, -0.2) is 61.5 Å². The monoisotopic (exact) mass is 227 g/mol. The summed E-state index contributed by atoms with van der Waals surface area (Å²) in [5, 5.41) is 3.21. The van der Waals surface area contributed by atoms with E-state index >= 15 is 0 Å². The van der Waals surface area contributed by atoms with Gasteiger partial charge in [0, 0.05) is 32.7 Å². The van der Waals surface area contributed by atoms with Gasteiger partial charge < -0.3 is 10.2 Å². The van der Waals surface area contributed by atoms with Gasteiger partial charge in [-0.05, 0) is 26.3 Å². The molecule has 1 aliphatic rings. The fourth-order valence-corrected chi connectivity index (χ4v) is 1.77. The van der Waals surface area contributed by atoms with E-state index in [1.165, 1.54) is 12.8 Å². The lowest BCUT2D eigenvalue weighted by atomic mass is 10.4. The molecular weight excluding hydrogens is 202 g/mol. The first kappa shape index (κ1) is 13.5. The summed E-state index contributed by atoms with van der Waals surface area (Å²) in [5.41, 5.74) is 0. The fourth-order valence-electron chi connectivity index (χ4n) is 1.77. The SMILES string of the molecule is CCN(C)C(=O)CNCCN(CC)C1CC1. The third kappa shape index (κ3) is 4.49. The standard InChI is InChI=1S/C12H25N3O/c1-4-14(3)12(16)10-13-8-9-15(5-2)11-6-7-11/h11,13H,4-10H2,1-3H3. The molecule has 94 valence electrons. The van der Waals surface area contributed by atoms with E-state index < -0.39 is 0 Å². The van der Waals surface area contributed by atoms with Crippen LogP contribution in [0.2, 0.25) is 0 Å².